The number of nitrogens with one attached hydrogen (secondary N) is 1. The van der Waals surface area contributed by atoms with E-state index < -0.39 is 0 Å². The van der Waals surface area contributed by atoms with Crippen molar-refractivity contribution >= 4 is 11.7 Å². The van der Waals surface area contributed by atoms with Crippen molar-refractivity contribution in [2.45, 2.75) is 34.1 Å². The summed E-state index contributed by atoms with van der Waals surface area (Å²) in [6.45, 7) is 14.1. The number of hydrogen-bond acceptors (Lipinski definition) is 5. The maximum Gasteiger partial charge on any atom is 0.270 e. The number of carbonyl (C=O) groups excluding carboxylic acids is 1. The van der Waals surface area contributed by atoms with Crippen LogP contribution in [0.5, 0.6) is 0 Å². The zero-order chi connectivity index (χ0) is 16.8. The lowest BCUT2D eigenvalue weighted by atomic mass is 10.1. The maximum absolute atomic E-state index is 12.3. The van der Waals surface area contributed by atoms with E-state index >= 15 is 0 Å². The number of aromatic nitrogens is 2. The van der Waals surface area contributed by atoms with E-state index in [9.17, 15) is 4.79 Å². The van der Waals surface area contributed by atoms with Crippen LogP contribution in [0.1, 0.15) is 43.5 Å². The lowest BCUT2D eigenvalue weighted by Crippen LogP contribution is -2.46. The smallest absolute Gasteiger partial charge is 0.270 e. The van der Waals surface area contributed by atoms with Crippen molar-refractivity contribution in [1.82, 2.24) is 20.2 Å². The van der Waals surface area contributed by atoms with Gasteiger partial charge in [-0.25, -0.2) is 9.97 Å². The second kappa shape index (κ2) is 8.24. The van der Waals surface area contributed by atoms with Crippen LogP contribution in [0.25, 0.3) is 0 Å². The van der Waals surface area contributed by atoms with Crippen molar-refractivity contribution in [3.63, 3.8) is 0 Å². The van der Waals surface area contributed by atoms with Gasteiger partial charge in [0.2, 0.25) is 0 Å². The average molecular weight is 319 g/mol. The minimum Gasteiger partial charge on any atom is -0.354 e. The van der Waals surface area contributed by atoms with Crippen molar-refractivity contribution in [3.8, 4) is 0 Å². The molecule has 1 N–H and O–H groups in total. The summed E-state index contributed by atoms with van der Waals surface area (Å²) >= 11 is 0. The summed E-state index contributed by atoms with van der Waals surface area (Å²) in [4.78, 5) is 25.8. The van der Waals surface area contributed by atoms with Gasteiger partial charge in [-0.3, -0.25) is 4.79 Å². The number of piperazine rings is 1. The van der Waals surface area contributed by atoms with Gasteiger partial charge in [-0.15, -0.1) is 0 Å². The van der Waals surface area contributed by atoms with Crippen molar-refractivity contribution in [2.24, 2.45) is 5.92 Å². The number of rotatable bonds is 6. The Hall–Kier alpha value is -1.69. The van der Waals surface area contributed by atoms with Crippen molar-refractivity contribution in [2.75, 3.05) is 44.2 Å². The van der Waals surface area contributed by atoms with E-state index in [0.717, 1.165) is 45.0 Å². The quantitative estimate of drug-likeness (QED) is 0.865. The highest BCUT2D eigenvalue weighted by atomic mass is 16.1. The predicted molar refractivity (Wildman–Crippen MR) is 92.9 cm³/mol. The molecule has 0 atom stereocenters. The molecule has 1 amide bonds. The van der Waals surface area contributed by atoms with Gasteiger partial charge < -0.3 is 15.1 Å². The highest BCUT2D eigenvalue weighted by molar-refractivity contribution is 5.92. The summed E-state index contributed by atoms with van der Waals surface area (Å²) in [5, 5.41) is 2.95. The second-order valence-corrected chi connectivity index (χ2v) is 6.52. The molecule has 1 saturated heterocycles. The molecule has 1 aliphatic rings. The van der Waals surface area contributed by atoms with Crippen LogP contribution in [-0.4, -0.2) is 60.0 Å². The molecule has 1 aromatic rings. The van der Waals surface area contributed by atoms with Crippen molar-refractivity contribution in [1.29, 1.82) is 0 Å². The van der Waals surface area contributed by atoms with Crippen LogP contribution in [0.3, 0.4) is 0 Å². The van der Waals surface area contributed by atoms with Crippen LogP contribution in [0.15, 0.2) is 6.07 Å². The first-order valence-corrected chi connectivity index (χ1v) is 8.60. The van der Waals surface area contributed by atoms with Gasteiger partial charge in [0.25, 0.3) is 5.91 Å². The van der Waals surface area contributed by atoms with Gasteiger partial charge >= 0.3 is 0 Å². The standard InChI is InChI=1S/C17H29N5O/c1-5-21-8-10-22(11-9-21)16-12-15(19-14(4)20-16)17(23)18-7-6-13(2)3/h12-13H,5-11H2,1-4H3,(H,18,23). The molecule has 0 aliphatic carbocycles. The van der Waals surface area contributed by atoms with Crippen LogP contribution in [0, 0.1) is 12.8 Å². The number of nitrogens with zero attached hydrogens (tertiary/aromatic N) is 4. The van der Waals surface area contributed by atoms with Gasteiger partial charge in [0.05, 0.1) is 0 Å². The van der Waals surface area contributed by atoms with Crippen LogP contribution in [-0.2, 0) is 0 Å². The minimum atomic E-state index is -0.107. The molecule has 0 bridgehead atoms. The Morgan fingerprint density at radius 2 is 1.96 bits per heavy atom. The van der Waals surface area contributed by atoms with E-state index in [1.165, 1.54) is 0 Å². The molecular formula is C17H29N5O. The summed E-state index contributed by atoms with van der Waals surface area (Å²) in [6.07, 6.45) is 0.974. The van der Waals surface area contributed by atoms with E-state index in [1.807, 2.05) is 13.0 Å². The molecule has 0 radical (unpaired) electrons. The molecule has 0 aromatic carbocycles. The molecule has 23 heavy (non-hydrogen) atoms. The number of anilines is 1. The number of carbonyl (C=O) groups is 1. The fourth-order valence-electron chi connectivity index (χ4n) is 2.69. The maximum atomic E-state index is 12.3. The monoisotopic (exact) mass is 319 g/mol. The summed E-state index contributed by atoms with van der Waals surface area (Å²) in [5.41, 5.74) is 0.467. The molecule has 2 rings (SSSR count). The number of hydrogen-bond donors (Lipinski definition) is 1. The molecule has 128 valence electrons. The first-order chi connectivity index (χ1) is 11.0. The Kier molecular flexibility index (Phi) is 6.33. The van der Waals surface area contributed by atoms with E-state index in [-0.39, 0.29) is 5.91 Å². The third-order valence-electron chi connectivity index (χ3n) is 4.21. The van der Waals surface area contributed by atoms with Gasteiger partial charge in [0.1, 0.15) is 17.3 Å². The lowest BCUT2D eigenvalue weighted by Gasteiger charge is -2.34. The first kappa shape index (κ1) is 17.7. The van der Waals surface area contributed by atoms with E-state index in [0.29, 0.717) is 24.0 Å². The summed E-state index contributed by atoms with van der Waals surface area (Å²) in [7, 11) is 0. The van der Waals surface area contributed by atoms with Crippen molar-refractivity contribution in [3.05, 3.63) is 17.6 Å². The summed E-state index contributed by atoms with van der Waals surface area (Å²) < 4.78 is 0. The van der Waals surface area contributed by atoms with E-state index in [1.54, 1.807) is 0 Å². The Balaban J connectivity index is 2.02. The largest absolute Gasteiger partial charge is 0.354 e. The van der Waals surface area contributed by atoms with Crippen LogP contribution in [0.2, 0.25) is 0 Å². The van der Waals surface area contributed by atoms with Gasteiger partial charge in [0, 0.05) is 38.8 Å². The molecule has 1 aliphatic heterocycles. The fourth-order valence-corrected chi connectivity index (χ4v) is 2.69. The molecule has 0 unspecified atom stereocenters. The Morgan fingerprint density at radius 1 is 1.26 bits per heavy atom. The highest BCUT2D eigenvalue weighted by Crippen LogP contribution is 2.15. The lowest BCUT2D eigenvalue weighted by molar-refractivity contribution is 0.0946. The fraction of sp³-hybridized carbons (Fsp3) is 0.706. The Bertz CT molecular complexity index is 524. The topological polar surface area (TPSA) is 61.4 Å². The zero-order valence-corrected chi connectivity index (χ0v) is 14.8. The molecular weight excluding hydrogens is 290 g/mol. The normalized spacial score (nSPS) is 16.0. The zero-order valence-electron chi connectivity index (χ0n) is 14.8. The van der Waals surface area contributed by atoms with Gasteiger partial charge in [0.15, 0.2) is 0 Å². The van der Waals surface area contributed by atoms with Gasteiger partial charge in [-0.2, -0.15) is 0 Å². The molecule has 2 heterocycles. The summed E-state index contributed by atoms with van der Waals surface area (Å²) in [6, 6.07) is 1.82. The Morgan fingerprint density at radius 3 is 2.57 bits per heavy atom. The van der Waals surface area contributed by atoms with Crippen LogP contribution in [0.4, 0.5) is 5.82 Å². The highest BCUT2D eigenvalue weighted by Gasteiger charge is 2.19. The van der Waals surface area contributed by atoms with Crippen LogP contribution < -0.4 is 10.2 Å². The van der Waals surface area contributed by atoms with E-state index in [2.05, 4.69) is 45.9 Å². The second-order valence-electron chi connectivity index (χ2n) is 6.52. The number of aryl methyl sites for hydroxylation is 1. The Labute approximate surface area is 139 Å². The molecule has 0 saturated carbocycles. The summed E-state index contributed by atoms with van der Waals surface area (Å²) in [5.74, 6) is 1.98. The molecule has 6 nitrogen and oxygen atoms in total. The third kappa shape index (κ3) is 5.16. The third-order valence-corrected chi connectivity index (χ3v) is 4.21. The average Bonchev–Trinajstić information content (AvgIpc) is 2.54. The molecule has 6 heteroatoms. The number of likely N-dealkylation sites (N-methyl/N-ethyl adjacent to an activating group) is 1. The van der Waals surface area contributed by atoms with Crippen LogP contribution >= 0.6 is 0 Å². The minimum absolute atomic E-state index is 0.107. The first-order valence-electron chi connectivity index (χ1n) is 8.60. The number of amides is 1. The molecule has 1 fully saturated rings. The van der Waals surface area contributed by atoms with Gasteiger partial charge in [-0.05, 0) is 25.8 Å². The molecule has 0 spiro atoms. The SMILES string of the molecule is CCN1CCN(c2cc(C(=O)NCCC(C)C)nc(C)n2)CC1. The predicted octanol–water partition coefficient (Wildman–Crippen LogP) is 1.70. The van der Waals surface area contributed by atoms with E-state index in [4.69, 9.17) is 0 Å². The van der Waals surface area contributed by atoms with Gasteiger partial charge in [-0.1, -0.05) is 20.8 Å². The molecule has 1 aromatic heterocycles. The van der Waals surface area contributed by atoms with Crippen molar-refractivity contribution < 1.29 is 4.79 Å².